The molecule has 1 aliphatic rings. The predicted octanol–water partition coefficient (Wildman–Crippen LogP) is 3.27. The first kappa shape index (κ1) is 21.6. The molecule has 0 aromatic heterocycles. The summed E-state index contributed by atoms with van der Waals surface area (Å²) >= 11 is 1.55. The van der Waals surface area contributed by atoms with Crippen LogP contribution in [-0.4, -0.2) is 55.7 Å². The molecule has 3 rings (SSSR count). The molecule has 1 aliphatic heterocycles. The minimum atomic E-state index is -0.535. The van der Waals surface area contributed by atoms with Gasteiger partial charge in [-0.05, 0) is 42.5 Å². The number of nitrogens with one attached hydrogen (secondary N) is 1. The van der Waals surface area contributed by atoms with Crippen LogP contribution in [0.3, 0.4) is 0 Å². The summed E-state index contributed by atoms with van der Waals surface area (Å²) in [5.74, 6) is 2.54. The van der Waals surface area contributed by atoms with Gasteiger partial charge in [0.2, 0.25) is 11.8 Å². The van der Waals surface area contributed by atoms with Gasteiger partial charge < -0.3 is 24.4 Å². The van der Waals surface area contributed by atoms with Crippen LogP contribution in [0, 0.1) is 0 Å². The lowest BCUT2D eigenvalue weighted by molar-refractivity contribution is -0.132. The Kier molecular flexibility index (Phi) is 7.24. The van der Waals surface area contributed by atoms with E-state index in [0.717, 1.165) is 5.56 Å². The average molecular weight is 429 g/mol. The van der Waals surface area contributed by atoms with E-state index in [4.69, 9.17) is 14.2 Å². The van der Waals surface area contributed by atoms with Crippen molar-refractivity contribution < 1.29 is 23.8 Å². The molecule has 8 heteroatoms. The second-order valence-corrected chi connectivity index (χ2v) is 7.48. The lowest BCUT2D eigenvalue weighted by Gasteiger charge is -2.21. The van der Waals surface area contributed by atoms with Crippen LogP contribution in [0.5, 0.6) is 17.2 Å². The van der Waals surface area contributed by atoms with Crippen molar-refractivity contribution >= 4 is 35.3 Å². The highest BCUT2D eigenvalue weighted by Gasteiger charge is 2.33. The zero-order chi connectivity index (χ0) is 21.5. The molecule has 1 atom stereocenters. The largest absolute Gasteiger partial charge is 0.497 e. The van der Waals surface area contributed by atoms with E-state index in [-0.39, 0.29) is 11.8 Å². The maximum atomic E-state index is 12.8. The molecule has 0 spiro atoms. The summed E-state index contributed by atoms with van der Waals surface area (Å²) < 4.78 is 15.7. The summed E-state index contributed by atoms with van der Waals surface area (Å²) in [7, 11) is 4.72. The molecule has 2 aromatic carbocycles. The van der Waals surface area contributed by atoms with E-state index >= 15 is 0 Å². The van der Waals surface area contributed by atoms with Crippen molar-refractivity contribution in [1.82, 2.24) is 4.90 Å². The molecule has 2 amide bonds. The van der Waals surface area contributed by atoms with Crippen LogP contribution in [0.15, 0.2) is 48.5 Å². The number of methoxy groups -OCH3 is 3. The molecule has 0 radical (unpaired) electrons. The van der Waals surface area contributed by atoms with Gasteiger partial charge in [0.1, 0.15) is 23.3 Å². The topological polar surface area (TPSA) is 77.1 Å². The molecule has 1 fully saturated rings. The highest BCUT2D eigenvalue weighted by molar-refractivity contribution is 7.99. The number of hydrogen-bond donors (Lipinski definition) is 1. The SMILES string of the molecule is COc1ccc(NC(=O)C2CSCN2C(=O)/C=C/c2ccc(OC)cc2OC)cc1. The van der Waals surface area contributed by atoms with Gasteiger partial charge in [-0.2, -0.15) is 0 Å². The van der Waals surface area contributed by atoms with Crippen LogP contribution in [0.1, 0.15) is 5.56 Å². The van der Waals surface area contributed by atoms with E-state index in [1.807, 2.05) is 6.07 Å². The molecule has 2 aromatic rings. The number of amides is 2. The number of ether oxygens (including phenoxy) is 3. The third kappa shape index (κ3) is 5.07. The second kappa shape index (κ2) is 10.1. The summed E-state index contributed by atoms with van der Waals surface area (Å²) in [4.78, 5) is 27.0. The quantitative estimate of drug-likeness (QED) is 0.682. The number of carbonyl (C=O) groups excluding carboxylic acids is 2. The first-order valence-electron chi connectivity index (χ1n) is 9.29. The fourth-order valence-corrected chi connectivity index (χ4v) is 4.15. The van der Waals surface area contributed by atoms with Crippen molar-refractivity contribution in [2.45, 2.75) is 6.04 Å². The Morgan fingerprint density at radius 1 is 1.03 bits per heavy atom. The Bertz CT molecular complexity index is 930. The van der Waals surface area contributed by atoms with Crippen LogP contribution in [0.2, 0.25) is 0 Å². The van der Waals surface area contributed by atoms with Crippen LogP contribution < -0.4 is 19.5 Å². The first-order chi connectivity index (χ1) is 14.5. The summed E-state index contributed by atoms with van der Waals surface area (Å²) in [5.41, 5.74) is 1.40. The standard InChI is InChI=1S/C22H24N2O5S/c1-27-17-9-6-16(7-10-17)23-22(26)19-13-30-14-24(19)21(25)11-5-15-4-8-18(28-2)12-20(15)29-3/h4-12,19H,13-14H2,1-3H3,(H,23,26)/b11-5+. The minimum Gasteiger partial charge on any atom is -0.497 e. The summed E-state index contributed by atoms with van der Waals surface area (Å²) in [6.45, 7) is 0. The van der Waals surface area contributed by atoms with Gasteiger partial charge in [-0.1, -0.05) is 0 Å². The van der Waals surface area contributed by atoms with E-state index in [2.05, 4.69) is 5.32 Å². The van der Waals surface area contributed by atoms with Crippen molar-refractivity contribution in [1.29, 1.82) is 0 Å². The molecule has 158 valence electrons. The van der Waals surface area contributed by atoms with Crippen LogP contribution in [-0.2, 0) is 9.59 Å². The Balaban J connectivity index is 1.67. The third-order valence-corrected chi connectivity index (χ3v) is 5.68. The first-order valence-corrected chi connectivity index (χ1v) is 10.4. The molecule has 0 aliphatic carbocycles. The van der Waals surface area contributed by atoms with Gasteiger partial charge in [0, 0.05) is 29.1 Å². The van der Waals surface area contributed by atoms with Crippen molar-refractivity contribution in [3.63, 3.8) is 0 Å². The Morgan fingerprint density at radius 2 is 1.73 bits per heavy atom. The van der Waals surface area contributed by atoms with Gasteiger partial charge in [-0.3, -0.25) is 9.59 Å². The highest BCUT2D eigenvalue weighted by Crippen LogP contribution is 2.27. The fourth-order valence-electron chi connectivity index (χ4n) is 2.99. The number of carbonyl (C=O) groups is 2. The number of hydrogen-bond acceptors (Lipinski definition) is 6. The monoisotopic (exact) mass is 428 g/mol. The Morgan fingerprint density at radius 3 is 2.40 bits per heavy atom. The zero-order valence-electron chi connectivity index (χ0n) is 17.1. The maximum absolute atomic E-state index is 12.8. The summed E-state index contributed by atoms with van der Waals surface area (Å²) in [6, 6.07) is 11.9. The summed E-state index contributed by atoms with van der Waals surface area (Å²) in [6.07, 6.45) is 3.14. The van der Waals surface area contributed by atoms with E-state index < -0.39 is 6.04 Å². The van der Waals surface area contributed by atoms with Crippen LogP contribution in [0.25, 0.3) is 6.08 Å². The normalized spacial score (nSPS) is 15.8. The summed E-state index contributed by atoms with van der Waals surface area (Å²) in [5, 5.41) is 2.87. The number of thioether (sulfide) groups is 1. The van der Waals surface area contributed by atoms with Crippen molar-refractivity contribution in [3.8, 4) is 17.2 Å². The molecule has 1 saturated heterocycles. The van der Waals surface area contributed by atoms with E-state index in [0.29, 0.717) is 34.6 Å². The molecular formula is C22H24N2O5S. The molecule has 1 N–H and O–H groups in total. The van der Waals surface area contributed by atoms with E-state index in [9.17, 15) is 9.59 Å². The number of rotatable bonds is 7. The number of anilines is 1. The Labute approximate surface area is 180 Å². The molecule has 1 unspecified atom stereocenters. The minimum absolute atomic E-state index is 0.214. The molecule has 30 heavy (non-hydrogen) atoms. The van der Waals surface area contributed by atoms with Gasteiger partial charge in [0.15, 0.2) is 0 Å². The lowest BCUT2D eigenvalue weighted by Crippen LogP contribution is -2.43. The number of benzene rings is 2. The second-order valence-electron chi connectivity index (χ2n) is 6.48. The highest BCUT2D eigenvalue weighted by atomic mass is 32.2. The predicted molar refractivity (Wildman–Crippen MR) is 118 cm³/mol. The molecule has 7 nitrogen and oxygen atoms in total. The van der Waals surface area contributed by atoms with Crippen LogP contribution in [0.4, 0.5) is 5.69 Å². The van der Waals surface area contributed by atoms with Gasteiger partial charge in [-0.15, -0.1) is 11.8 Å². The molecule has 0 saturated carbocycles. The van der Waals surface area contributed by atoms with Crippen molar-refractivity contribution in [2.24, 2.45) is 0 Å². The fraction of sp³-hybridized carbons (Fsp3) is 0.273. The third-order valence-electron chi connectivity index (χ3n) is 4.67. The van der Waals surface area contributed by atoms with Gasteiger partial charge in [-0.25, -0.2) is 0 Å². The molecule has 0 bridgehead atoms. The maximum Gasteiger partial charge on any atom is 0.248 e. The lowest BCUT2D eigenvalue weighted by atomic mass is 10.1. The molecule has 1 heterocycles. The smallest absolute Gasteiger partial charge is 0.248 e. The van der Waals surface area contributed by atoms with Gasteiger partial charge in [0.05, 0.1) is 27.2 Å². The van der Waals surface area contributed by atoms with Crippen molar-refractivity contribution in [3.05, 3.63) is 54.1 Å². The number of nitrogens with zero attached hydrogens (tertiary/aromatic N) is 1. The van der Waals surface area contributed by atoms with Crippen LogP contribution >= 0.6 is 11.8 Å². The Hall–Kier alpha value is -3.13. The van der Waals surface area contributed by atoms with Gasteiger partial charge in [0.25, 0.3) is 0 Å². The molecular weight excluding hydrogens is 404 g/mol. The zero-order valence-corrected chi connectivity index (χ0v) is 17.9. The average Bonchev–Trinajstić information content (AvgIpc) is 3.28. The van der Waals surface area contributed by atoms with Gasteiger partial charge >= 0.3 is 0 Å². The van der Waals surface area contributed by atoms with E-state index in [1.54, 1.807) is 80.5 Å². The van der Waals surface area contributed by atoms with Crippen molar-refractivity contribution in [2.75, 3.05) is 38.3 Å². The van der Waals surface area contributed by atoms with E-state index in [1.165, 1.54) is 6.08 Å².